The van der Waals surface area contributed by atoms with Gasteiger partial charge in [-0.3, -0.25) is 5.10 Å². The van der Waals surface area contributed by atoms with E-state index in [4.69, 9.17) is 11.6 Å². The predicted molar refractivity (Wildman–Crippen MR) is 43.4 cm³/mol. The van der Waals surface area contributed by atoms with Crippen LogP contribution < -0.4 is 0 Å². The normalized spacial score (nSPS) is 10.6. The Hall–Kier alpha value is -1.09. The number of rotatable bonds is 1. The average Bonchev–Trinajstić information content (AvgIpc) is 2.50. The monoisotopic (exact) mass is 167 g/mol. The van der Waals surface area contributed by atoms with Gasteiger partial charge in [-0.05, 0) is 12.1 Å². The zero-order chi connectivity index (χ0) is 7.68. The molecular formula is C7H6ClN3. The van der Waals surface area contributed by atoms with Gasteiger partial charge in [0.1, 0.15) is 5.52 Å². The third kappa shape index (κ3) is 1.07. The van der Waals surface area contributed by atoms with Crippen molar-refractivity contribution in [3.05, 3.63) is 24.0 Å². The Morgan fingerprint density at radius 3 is 3.18 bits per heavy atom. The molecule has 0 spiro atoms. The molecule has 4 heteroatoms. The molecule has 3 nitrogen and oxygen atoms in total. The average molecular weight is 168 g/mol. The predicted octanol–water partition coefficient (Wildman–Crippen LogP) is 1.70. The molecule has 0 aliphatic carbocycles. The lowest BCUT2D eigenvalue weighted by atomic mass is 10.3. The van der Waals surface area contributed by atoms with Crippen LogP contribution in [0.5, 0.6) is 0 Å². The lowest BCUT2D eigenvalue weighted by Crippen LogP contribution is -1.83. The number of pyridine rings is 1. The van der Waals surface area contributed by atoms with Crippen LogP contribution in [0.4, 0.5) is 0 Å². The van der Waals surface area contributed by atoms with E-state index in [2.05, 4.69) is 15.2 Å². The molecule has 56 valence electrons. The third-order valence-electron chi connectivity index (χ3n) is 1.49. The molecule has 1 N–H and O–H groups in total. The highest BCUT2D eigenvalue weighted by atomic mass is 35.5. The first kappa shape index (κ1) is 6.61. The van der Waals surface area contributed by atoms with Gasteiger partial charge >= 0.3 is 0 Å². The largest absolute Gasteiger partial charge is 0.276 e. The minimum atomic E-state index is 0.446. The second-order valence-electron chi connectivity index (χ2n) is 2.24. The molecule has 0 aromatic carbocycles. The van der Waals surface area contributed by atoms with Crippen LogP contribution in [-0.4, -0.2) is 15.2 Å². The number of alkyl halides is 1. The quantitative estimate of drug-likeness (QED) is 0.657. The molecular weight excluding hydrogens is 162 g/mol. The van der Waals surface area contributed by atoms with E-state index in [1.165, 1.54) is 0 Å². The van der Waals surface area contributed by atoms with Crippen LogP contribution in [0.2, 0.25) is 0 Å². The summed E-state index contributed by atoms with van der Waals surface area (Å²) in [5.74, 6) is 0.446. The summed E-state index contributed by atoms with van der Waals surface area (Å²) >= 11 is 5.60. The third-order valence-corrected chi connectivity index (χ3v) is 1.76. The van der Waals surface area contributed by atoms with Crippen molar-refractivity contribution in [1.82, 2.24) is 15.2 Å². The van der Waals surface area contributed by atoms with Crippen molar-refractivity contribution in [1.29, 1.82) is 0 Å². The van der Waals surface area contributed by atoms with Crippen LogP contribution in [0.1, 0.15) is 5.69 Å². The number of hydrogen-bond acceptors (Lipinski definition) is 2. The Morgan fingerprint density at radius 2 is 2.36 bits per heavy atom. The summed E-state index contributed by atoms with van der Waals surface area (Å²) in [6, 6.07) is 3.81. The molecule has 0 bridgehead atoms. The molecule has 2 heterocycles. The maximum absolute atomic E-state index is 5.60. The Morgan fingerprint density at radius 1 is 1.45 bits per heavy atom. The summed E-state index contributed by atoms with van der Waals surface area (Å²) in [6.07, 6.45) is 1.69. The lowest BCUT2D eigenvalue weighted by molar-refractivity contribution is 1.12. The van der Waals surface area contributed by atoms with Gasteiger partial charge in [0, 0.05) is 0 Å². The Bertz CT molecular complexity index is 368. The van der Waals surface area contributed by atoms with E-state index < -0.39 is 0 Å². The van der Waals surface area contributed by atoms with E-state index >= 15 is 0 Å². The van der Waals surface area contributed by atoms with Crippen molar-refractivity contribution in [2.24, 2.45) is 0 Å². The SMILES string of the molecule is ClCc1ccc2[nH]ncc2n1. The second kappa shape index (κ2) is 2.51. The maximum atomic E-state index is 5.60. The summed E-state index contributed by atoms with van der Waals surface area (Å²) < 4.78 is 0. The van der Waals surface area contributed by atoms with Gasteiger partial charge in [0.2, 0.25) is 0 Å². The molecule has 0 radical (unpaired) electrons. The minimum Gasteiger partial charge on any atom is -0.276 e. The highest BCUT2D eigenvalue weighted by Gasteiger charge is 1.97. The second-order valence-corrected chi connectivity index (χ2v) is 2.51. The van der Waals surface area contributed by atoms with Gasteiger partial charge in [0.15, 0.2) is 0 Å². The van der Waals surface area contributed by atoms with Gasteiger partial charge < -0.3 is 0 Å². The van der Waals surface area contributed by atoms with E-state index in [1.807, 2.05) is 12.1 Å². The lowest BCUT2D eigenvalue weighted by Gasteiger charge is -1.91. The molecule has 0 saturated carbocycles. The number of nitrogens with one attached hydrogen (secondary N) is 1. The molecule has 11 heavy (non-hydrogen) atoms. The van der Waals surface area contributed by atoms with Crippen molar-refractivity contribution < 1.29 is 0 Å². The first-order valence-corrected chi connectivity index (χ1v) is 3.78. The summed E-state index contributed by atoms with van der Waals surface area (Å²) in [5, 5.41) is 6.66. The minimum absolute atomic E-state index is 0.446. The number of nitrogens with zero attached hydrogens (tertiary/aromatic N) is 2. The van der Waals surface area contributed by atoms with E-state index in [9.17, 15) is 0 Å². The molecule has 2 aromatic rings. The van der Waals surface area contributed by atoms with Gasteiger partial charge in [0.05, 0.1) is 23.3 Å². The standard InChI is InChI=1S/C7H6ClN3/c8-3-5-1-2-6-7(10-5)4-9-11-6/h1-2,4H,3H2,(H,9,11). The number of hydrogen-bond donors (Lipinski definition) is 1. The molecule has 2 aromatic heterocycles. The van der Waals surface area contributed by atoms with Gasteiger partial charge in [-0.2, -0.15) is 5.10 Å². The molecule has 0 unspecified atom stereocenters. The van der Waals surface area contributed by atoms with Crippen LogP contribution >= 0.6 is 11.6 Å². The number of fused-ring (bicyclic) bond motifs is 1. The summed E-state index contributed by atoms with van der Waals surface area (Å²) in [4.78, 5) is 4.23. The fourth-order valence-electron chi connectivity index (χ4n) is 0.947. The fraction of sp³-hybridized carbons (Fsp3) is 0.143. The van der Waals surface area contributed by atoms with Crippen molar-refractivity contribution in [3.8, 4) is 0 Å². The van der Waals surface area contributed by atoms with Crippen LogP contribution in [0.15, 0.2) is 18.3 Å². The maximum Gasteiger partial charge on any atom is 0.108 e. The number of aromatic amines is 1. The molecule has 0 atom stereocenters. The molecule has 0 amide bonds. The highest BCUT2D eigenvalue weighted by Crippen LogP contribution is 2.09. The number of aromatic nitrogens is 3. The van der Waals surface area contributed by atoms with Gasteiger partial charge in [0.25, 0.3) is 0 Å². The number of H-pyrrole nitrogens is 1. The van der Waals surface area contributed by atoms with Crippen molar-refractivity contribution in [2.75, 3.05) is 0 Å². The van der Waals surface area contributed by atoms with Crippen LogP contribution in [0.25, 0.3) is 11.0 Å². The van der Waals surface area contributed by atoms with E-state index in [0.717, 1.165) is 16.7 Å². The molecule has 0 fully saturated rings. The van der Waals surface area contributed by atoms with E-state index in [0.29, 0.717) is 5.88 Å². The zero-order valence-electron chi connectivity index (χ0n) is 5.71. The Labute approximate surface area is 68.4 Å². The highest BCUT2D eigenvalue weighted by molar-refractivity contribution is 6.16. The fourth-order valence-corrected chi connectivity index (χ4v) is 1.10. The zero-order valence-corrected chi connectivity index (χ0v) is 6.47. The Kier molecular flexibility index (Phi) is 1.51. The van der Waals surface area contributed by atoms with Crippen molar-refractivity contribution in [2.45, 2.75) is 5.88 Å². The molecule has 0 aliphatic rings. The summed E-state index contributed by atoms with van der Waals surface area (Å²) in [5.41, 5.74) is 2.68. The first-order chi connectivity index (χ1) is 5.40. The van der Waals surface area contributed by atoms with Gasteiger partial charge in [-0.15, -0.1) is 11.6 Å². The Balaban J connectivity index is 2.67. The van der Waals surface area contributed by atoms with Crippen LogP contribution in [0, 0.1) is 0 Å². The molecule has 0 aliphatic heterocycles. The smallest absolute Gasteiger partial charge is 0.108 e. The summed E-state index contributed by atoms with van der Waals surface area (Å²) in [6.45, 7) is 0. The van der Waals surface area contributed by atoms with Gasteiger partial charge in [-0.25, -0.2) is 4.98 Å². The number of halogens is 1. The summed E-state index contributed by atoms with van der Waals surface area (Å²) in [7, 11) is 0. The van der Waals surface area contributed by atoms with Crippen molar-refractivity contribution >= 4 is 22.6 Å². The molecule has 0 saturated heterocycles. The topological polar surface area (TPSA) is 41.6 Å². The molecule has 2 rings (SSSR count). The van der Waals surface area contributed by atoms with E-state index in [-0.39, 0.29) is 0 Å². The first-order valence-electron chi connectivity index (χ1n) is 3.25. The van der Waals surface area contributed by atoms with Crippen LogP contribution in [0.3, 0.4) is 0 Å². The van der Waals surface area contributed by atoms with E-state index in [1.54, 1.807) is 6.20 Å². The van der Waals surface area contributed by atoms with Crippen LogP contribution in [-0.2, 0) is 5.88 Å². The van der Waals surface area contributed by atoms with Crippen molar-refractivity contribution in [3.63, 3.8) is 0 Å². The van der Waals surface area contributed by atoms with Gasteiger partial charge in [-0.1, -0.05) is 0 Å².